The summed E-state index contributed by atoms with van der Waals surface area (Å²) >= 11 is 1.16. The molecule has 1 N–H and O–H groups in total. The monoisotopic (exact) mass is 311 g/mol. The van der Waals surface area contributed by atoms with Crippen molar-refractivity contribution < 1.29 is 27.1 Å². The number of nitrogens with zero attached hydrogens (tertiary/aromatic N) is 1. The maximum Gasteiger partial charge on any atom is 0.350 e. The summed E-state index contributed by atoms with van der Waals surface area (Å²) < 4.78 is 47.4. The van der Waals surface area contributed by atoms with E-state index in [-0.39, 0.29) is 6.54 Å². The number of carbonyl (C=O) groups is 1. The lowest BCUT2D eigenvalue weighted by Gasteiger charge is -2.14. The number of carboxylic acids is 1. The van der Waals surface area contributed by atoms with Gasteiger partial charge in [0.05, 0.1) is 0 Å². The van der Waals surface area contributed by atoms with Crippen LogP contribution in [0.2, 0.25) is 0 Å². The van der Waals surface area contributed by atoms with E-state index < -0.39 is 21.8 Å². The van der Waals surface area contributed by atoms with Gasteiger partial charge in [0, 0.05) is 24.5 Å². The van der Waals surface area contributed by atoms with E-state index in [2.05, 4.69) is 0 Å². The molecular formula is C10H11F2NO4S2. The Morgan fingerprint density at radius 3 is 2.74 bits per heavy atom. The molecule has 0 bridgehead atoms. The number of hydrogen-bond donors (Lipinski definition) is 1. The van der Waals surface area contributed by atoms with E-state index in [0.29, 0.717) is 14.7 Å². The zero-order valence-corrected chi connectivity index (χ0v) is 11.4. The first-order valence-corrected chi connectivity index (χ1v) is 7.33. The molecule has 0 atom stereocenters. The molecule has 0 spiro atoms. The molecule has 1 rings (SSSR count). The molecule has 5 nitrogen and oxygen atoms in total. The van der Waals surface area contributed by atoms with Gasteiger partial charge in [0.25, 0.3) is 10.0 Å². The van der Waals surface area contributed by atoms with Crippen LogP contribution in [0.15, 0.2) is 17.5 Å². The van der Waals surface area contributed by atoms with Gasteiger partial charge in [0.1, 0.15) is 0 Å². The maximum absolute atomic E-state index is 12.3. The minimum Gasteiger partial charge on any atom is -0.478 e. The van der Waals surface area contributed by atoms with Crippen LogP contribution in [0.25, 0.3) is 6.08 Å². The van der Waals surface area contributed by atoms with Crippen molar-refractivity contribution in [3.05, 3.63) is 28.0 Å². The summed E-state index contributed by atoms with van der Waals surface area (Å²) in [5, 5.41) is 10.0. The first-order valence-electron chi connectivity index (χ1n) is 4.95. The van der Waals surface area contributed by atoms with Crippen molar-refractivity contribution in [1.29, 1.82) is 0 Å². The van der Waals surface area contributed by atoms with Gasteiger partial charge in [-0.05, 0) is 23.1 Å². The van der Waals surface area contributed by atoms with Gasteiger partial charge in [-0.2, -0.15) is 13.1 Å². The first-order chi connectivity index (χ1) is 8.73. The highest BCUT2D eigenvalue weighted by molar-refractivity contribution is 7.89. The molecule has 0 saturated heterocycles. The summed E-state index contributed by atoms with van der Waals surface area (Å²) in [5.41, 5.74) is 0.574. The number of thiophene rings is 1. The second kappa shape index (κ2) is 6.22. The van der Waals surface area contributed by atoms with E-state index in [1.807, 2.05) is 0 Å². The Hall–Kier alpha value is -1.32. The fourth-order valence-corrected chi connectivity index (χ4v) is 2.76. The molecule has 0 amide bonds. The highest BCUT2D eigenvalue weighted by atomic mass is 32.2. The third-order valence-corrected chi connectivity index (χ3v) is 4.52. The third kappa shape index (κ3) is 4.37. The number of sulfonamides is 1. The van der Waals surface area contributed by atoms with Crippen LogP contribution in [0, 0.1) is 0 Å². The summed E-state index contributed by atoms with van der Waals surface area (Å²) in [6.07, 6.45) is 2.27. The summed E-state index contributed by atoms with van der Waals surface area (Å²) in [6.45, 7) is -0.182. The molecular weight excluding hydrogens is 300 g/mol. The van der Waals surface area contributed by atoms with E-state index in [1.165, 1.54) is 6.08 Å². The molecule has 0 fully saturated rings. The van der Waals surface area contributed by atoms with Crippen molar-refractivity contribution >= 4 is 33.4 Å². The predicted molar refractivity (Wildman–Crippen MR) is 67.4 cm³/mol. The Morgan fingerprint density at radius 1 is 1.58 bits per heavy atom. The Morgan fingerprint density at radius 2 is 2.21 bits per heavy atom. The predicted octanol–water partition coefficient (Wildman–Crippen LogP) is 1.83. The number of carboxylic acid groups (broad SMARTS) is 1. The van der Waals surface area contributed by atoms with Crippen molar-refractivity contribution in [2.24, 2.45) is 0 Å². The molecule has 0 saturated carbocycles. The van der Waals surface area contributed by atoms with E-state index in [0.717, 1.165) is 24.5 Å². The average molecular weight is 311 g/mol. The third-order valence-electron chi connectivity index (χ3n) is 2.13. The molecule has 1 aromatic rings. The largest absolute Gasteiger partial charge is 0.478 e. The quantitative estimate of drug-likeness (QED) is 0.813. The minimum atomic E-state index is -4.60. The van der Waals surface area contributed by atoms with Gasteiger partial charge >= 0.3 is 11.7 Å². The Balaban J connectivity index is 2.77. The van der Waals surface area contributed by atoms with E-state index in [1.54, 1.807) is 11.4 Å². The second-order valence-corrected chi connectivity index (χ2v) is 6.58. The van der Waals surface area contributed by atoms with Crippen molar-refractivity contribution in [3.63, 3.8) is 0 Å². The lowest BCUT2D eigenvalue weighted by Crippen LogP contribution is -2.31. The second-order valence-electron chi connectivity index (χ2n) is 3.58. The van der Waals surface area contributed by atoms with E-state index >= 15 is 0 Å². The SMILES string of the molecule is CN(Cc1cc(/C=C/C(=O)O)cs1)S(=O)(=O)C(F)F. The van der Waals surface area contributed by atoms with Crippen LogP contribution in [0.1, 0.15) is 10.4 Å². The molecule has 0 aliphatic heterocycles. The molecule has 0 aromatic carbocycles. The Labute approximate surface area is 112 Å². The summed E-state index contributed by atoms with van der Waals surface area (Å²) in [5.74, 6) is -4.56. The normalized spacial score (nSPS) is 12.7. The molecule has 19 heavy (non-hydrogen) atoms. The zero-order valence-electron chi connectivity index (χ0n) is 9.79. The van der Waals surface area contributed by atoms with Gasteiger partial charge in [-0.15, -0.1) is 11.3 Å². The van der Waals surface area contributed by atoms with Crippen LogP contribution in [0.4, 0.5) is 8.78 Å². The van der Waals surface area contributed by atoms with Crippen LogP contribution in [0.3, 0.4) is 0 Å². The summed E-state index contributed by atoms with van der Waals surface area (Å²) in [7, 11) is -3.53. The van der Waals surface area contributed by atoms with Crippen molar-refractivity contribution in [2.45, 2.75) is 12.3 Å². The molecule has 0 unspecified atom stereocenters. The fourth-order valence-electron chi connectivity index (χ4n) is 1.18. The highest BCUT2D eigenvalue weighted by Crippen LogP contribution is 2.20. The average Bonchev–Trinajstić information content (AvgIpc) is 2.73. The Kier molecular flexibility index (Phi) is 5.15. The van der Waals surface area contributed by atoms with Crippen LogP contribution in [0.5, 0.6) is 0 Å². The topological polar surface area (TPSA) is 74.7 Å². The van der Waals surface area contributed by atoms with Crippen LogP contribution < -0.4 is 0 Å². The lowest BCUT2D eigenvalue weighted by molar-refractivity contribution is -0.131. The molecule has 0 radical (unpaired) electrons. The summed E-state index contributed by atoms with van der Waals surface area (Å²) in [6, 6.07) is 1.54. The molecule has 9 heteroatoms. The molecule has 0 aliphatic carbocycles. The number of rotatable bonds is 6. The zero-order chi connectivity index (χ0) is 14.6. The van der Waals surface area contributed by atoms with Crippen LogP contribution >= 0.6 is 11.3 Å². The first kappa shape index (κ1) is 15.7. The lowest BCUT2D eigenvalue weighted by atomic mass is 10.3. The van der Waals surface area contributed by atoms with Crippen molar-refractivity contribution in [2.75, 3.05) is 7.05 Å². The molecule has 0 aliphatic rings. The van der Waals surface area contributed by atoms with Gasteiger partial charge in [-0.1, -0.05) is 0 Å². The van der Waals surface area contributed by atoms with Gasteiger partial charge in [0.15, 0.2) is 0 Å². The van der Waals surface area contributed by atoms with E-state index in [4.69, 9.17) is 5.11 Å². The standard InChI is InChI=1S/C10H11F2NO4S2/c1-13(19(16,17)10(11)12)5-8-4-7(6-18-8)2-3-9(14)15/h2-4,6,10H,5H2,1H3,(H,14,15)/b3-2+. The molecule has 1 heterocycles. The maximum atomic E-state index is 12.3. The minimum absolute atomic E-state index is 0.182. The van der Waals surface area contributed by atoms with Gasteiger partial charge in [0.2, 0.25) is 0 Å². The number of halogens is 2. The van der Waals surface area contributed by atoms with E-state index in [9.17, 15) is 22.0 Å². The summed E-state index contributed by atoms with van der Waals surface area (Å²) in [4.78, 5) is 10.8. The van der Waals surface area contributed by atoms with Crippen LogP contribution in [-0.2, 0) is 21.4 Å². The van der Waals surface area contributed by atoms with Gasteiger partial charge in [-0.25, -0.2) is 13.2 Å². The smallest absolute Gasteiger partial charge is 0.350 e. The number of hydrogen-bond acceptors (Lipinski definition) is 4. The van der Waals surface area contributed by atoms with Gasteiger partial charge in [-0.3, -0.25) is 0 Å². The van der Waals surface area contributed by atoms with Gasteiger partial charge < -0.3 is 5.11 Å². The number of alkyl halides is 2. The highest BCUT2D eigenvalue weighted by Gasteiger charge is 2.29. The van der Waals surface area contributed by atoms with Crippen molar-refractivity contribution in [1.82, 2.24) is 4.31 Å². The van der Waals surface area contributed by atoms with Crippen molar-refractivity contribution in [3.8, 4) is 0 Å². The number of aliphatic carboxylic acids is 1. The molecule has 1 aromatic heterocycles. The fraction of sp³-hybridized carbons (Fsp3) is 0.300. The Bertz CT molecular complexity index is 580. The molecule has 106 valence electrons. The van der Waals surface area contributed by atoms with Crippen LogP contribution in [-0.4, -0.2) is 36.6 Å².